The smallest absolute Gasteiger partial charge is 0.0214 e. The molecule has 0 heterocycles. The van der Waals surface area contributed by atoms with Gasteiger partial charge in [-0.05, 0) is 24.1 Å². The van der Waals surface area contributed by atoms with E-state index in [0.717, 1.165) is 13.1 Å². The second-order valence-electron chi connectivity index (χ2n) is 5.29. The Bertz CT molecular complexity index is 430. The van der Waals surface area contributed by atoms with Crippen LogP contribution >= 0.6 is 12.4 Å². The van der Waals surface area contributed by atoms with Crippen molar-refractivity contribution in [2.75, 3.05) is 13.1 Å². The normalized spacial score (nSPS) is 10.4. The molecule has 0 atom stereocenters. The van der Waals surface area contributed by atoms with Crippen LogP contribution in [0.2, 0.25) is 0 Å². The monoisotopic (exact) mass is 303 g/mol. The minimum absolute atomic E-state index is 0. The average molecular weight is 304 g/mol. The third-order valence-electron chi connectivity index (χ3n) is 3.71. The summed E-state index contributed by atoms with van der Waals surface area (Å²) in [5.74, 6) is 0.444. The second kappa shape index (κ2) is 10.4. The van der Waals surface area contributed by atoms with Gasteiger partial charge in [0, 0.05) is 12.5 Å². The summed E-state index contributed by atoms with van der Waals surface area (Å²) >= 11 is 0. The molecule has 21 heavy (non-hydrogen) atoms. The van der Waals surface area contributed by atoms with Crippen LogP contribution in [-0.4, -0.2) is 13.1 Å². The fraction of sp³-hybridized carbons (Fsp3) is 0.368. The molecule has 0 fully saturated rings. The first-order chi connectivity index (χ1) is 9.92. The summed E-state index contributed by atoms with van der Waals surface area (Å²) in [4.78, 5) is 0. The predicted octanol–water partition coefficient (Wildman–Crippen LogP) is 5.02. The first kappa shape index (κ1) is 17.7. The van der Waals surface area contributed by atoms with Crippen molar-refractivity contribution < 1.29 is 0 Å². The van der Waals surface area contributed by atoms with Crippen LogP contribution in [0.1, 0.15) is 43.2 Å². The molecule has 2 aromatic rings. The van der Waals surface area contributed by atoms with Crippen molar-refractivity contribution in [3.8, 4) is 0 Å². The van der Waals surface area contributed by atoms with Crippen molar-refractivity contribution in [3.63, 3.8) is 0 Å². The maximum atomic E-state index is 3.62. The highest BCUT2D eigenvalue weighted by Gasteiger charge is 2.12. The summed E-state index contributed by atoms with van der Waals surface area (Å²) in [7, 11) is 0. The maximum absolute atomic E-state index is 3.62. The van der Waals surface area contributed by atoms with E-state index < -0.39 is 0 Å². The van der Waals surface area contributed by atoms with E-state index in [4.69, 9.17) is 0 Å². The van der Waals surface area contributed by atoms with Crippen molar-refractivity contribution in [2.24, 2.45) is 0 Å². The molecule has 0 radical (unpaired) electrons. The van der Waals surface area contributed by atoms with E-state index in [-0.39, 0.29) is 12.4 Å². The molecule has 114 valence electrons. The summed E-state index contributed by atoms with van der Waals surface area (Å²) < 4.78 is 0. The van der Waals surface area contributed by atoms with Gasteiger partial charge in [-0.15, -0.1) is 12.4 Å². The molecular weight excluding hydrogens is 278 g/mol. The lowest BCUT2D eigenvalue weighted by atomic mass is 9.91. The predicted molar refractivity (Wildman–Crippen MR) is 94.4 cm³/mol. The number of hydrogen-bond donors (Lipinski definition) is 1. The van der Waals surface area contributed by atoms with Crippen LogP contribution in [-0.2, 0) is 0 Å². The summed E-state index contributed by atoms with van der Waals surface area (Å²) in [5.41, 5.74) is 2.78. The van der Waals surface area contributed by atoms with Crippen molar-refractivity contribution >= 4 is 12.4 Å². The Hall–Kier alpha value is -1.31. The third kappa shape index (κ3) is 5.91. The van der Waals surface area contributed by atoms with Gasteiger partial charge in [-0.25, -0.2) is 0 Å². The van der Waals surface area contributed by atoms with Gasteiger partial charge < -0.3 is 5.32 Å². The zero-order valence-corrected chi connectivity index (χ0v) is 13.6. The zero-order chi connectivity index (χ0) is 14.0. The molecule has 2 heteroatoms. The van der Waals surface area contributed by atoms with Crippen molar-refractivity contribution in [2.45, 2.75) is 32.1 Å². The molecule has 0 saturated heterocycles. The van der Waals surface area contributed by atoms with Crippen LogP contribution in [0.15, 0.2) is 60.7 Å². The number of halogens is 1. The highest BCUT2D eigenvalue weighted by atomic mass is 35.5. The summed E-state index contributed by atoms with van der Waals surface area (Å²) in [6.45, 7) is 4.37. The minimum atomic E-state index is 0. The molecule has 0 aliphatic heterocycles. The number of rotatable bonds is 8. The van der Waals surface area contributed by atoms with Crippen molar-refractivity contribution in [1.29, 1.82) is 0 Å². The van der Waals surface area contributed by atoms with Gasteiger partial charge in [0.25, 0.3) is 0 Å². The number of nitrogens with one attached hydrogen (secondary N) is 1. The molecule has 0 unspecified atom stereocenters. The van der Waals surface area contributed by atoms with Gasteiger partial charge >= 0.3 is 0 Å². The molecule has 0 bridgehead atoms. The molecule has 1 nitrogen and oxygen atoms in total. The van der Waals surface area contributed by atoms with Crippen LogP contribution in [0, 0.1) is 0 Å². The minimum Gasteiger partial charge on any atom is -0.316 e. The van der Waals surface area contributed by atoms with Crippen molar-refractivity contribution in [1.82, 2.24) is 5.32 Å². The third-order valence-corrected chi connectivity index (χ3v) is 3.71. The molecule has 0 amide bonds. The van der Waals surface area contributed by atoms with Gasteiger partial charge in [-0.3, -0.25) is 0 Å². The van der Waals surface area contributed by atoms with Crippen LogP contribution in [0.4, 0.5) is 0 Å². The fourth-order valence-corrected chi connectivity index (χ4v) is 2.55. The van der Waals surface area contributed by atoms with E-state index in [9.17, 15) is 0 Å². The molecule has 0 aliphatic carbocycles. The highest BCUT2D eigenvalue weighted by molar-refractivity contribution is 5.85. The molecule has 0 aromatic heterocycles. The quantitative estimate of drug-likeness (QED) is 0.675. The lowest BCUT2D eigenvalue weighted by Crippen LogP contribution is -2.23. The summed E-state index contributed by atoms with van der Waals surface area (Å²) in [6, 6.07) is 21.6. The fourth-order valence-electron chi connectivity index (χ4n) is 2.55. The van der Waals surface area contributed by atoms with E-state index in [1.165, 1.54) is 30.4 Å². The van der Waals surface area contributed by atoms with Gasteiger partial charge in [0.15, 0.2) is 0 Å². The Balaban J connectivity index is 0.00000220. The van der Waals surface area contributed by atoms with E-state index in [0.29, 0.717) is 5.92 Å². The van der Waals surface area contributed by atoms with Gasteiger partial charge in [0.2, 0.25) is 0 Å². The Labute approximate surface area is 135 Å². The Morgan fingerprint density at radius 2 is 1.33 bits per heavy atom. The van der Waals surface area contributed by atoms with Gasteiger partial charge in [0.1, 0.15) is 0 Å². The standard InChI is InChI=1S/C19H25N.ClH/c1-2-3-10-15-20-16-19(17-11-6-4-7-12-17)18-13-8-5-9-14-18;/h4-9,11-14,19-20H,2-3,10,15-16H2,1H3;1H. The van der Waals surface area contributed by atoms with Crippen LogP contribution in [0.5, 0.6) is 0 Å². The van der Waals surface area contributed by atoms with E-state index in [2.05, 4.69) is 72.9 Å². The first-order valence-corrected chi connectivity index (χ1v) is 7.72. The number of hydrogen-bond acceptors (Lipinski definition) is 1. The topological polar surface area (TPSA) is 12.0 Å². The number of benzene rings is 2. The SMILES string of the molecule is CCCCCNCC(c1ccccc1)c1ccccc1.Cl. The van der Waals surface area contributed by atoms with Crippen LogP contribution in [0.3, 0.4) is 0 Å². The Morgan fingerprint density at radius 3 is 1.81 bits per heavy atom. The van der Waals surface area contributed by atoms with E-state index in [1.807, 2.05) is 0 Å². The number of unbranched alkanes of at least 4 members (excludes halogenated alkanes) is 2. The maximum Gasteiger partial charge on any atom is 0.0214 e. The summed E-state index contributed by atoms with van der Waals surface area (Å²) in [6.07, 6.45) is 3.86. The van der Waals surface area contributed by atoms with E-state index >= 15 is 0 Å². The van der Waals surface area contributed by atoms with Crippen LogP contribution < -0.4 is 5.32 Å². The zero-order valence-electron chi connectivity index (χ0n) is 12.8. The van der Waals surface area contributed by atoms with E-state index in [1.54, 1.807) is 0 Å². The Kier molecular flexibility index (Phi) is 8.80. The molecule has 0 spiro atoms. The van der Waals surface area contributed by atoms with Gasteiger partial charge in [0.05, 0.1) is 0 Å². The molecule has 2 aromatic carbocycles. The molecule has 2 rings (SSSR count). The second-order valence-corrected chi connectivity index (χ2v) is 5.29. The molecular formula is C19H26ClN. The first-order valence-electron chi connectivity index (χ1n) is 7.72. The Morgan fingerprint density at radius 1 is 0.810 bits per heavy atom. The van der Waals surface area contributed by atoms with Gasteiger partial charge in [-0.1, -0.05) is 80.4 Å². The van der Waals surface area contributed by atoms with Crippen molar-refractivity contribution in [3.05, 3.63) is 71.8 Å². The average Bonchev–Trinajstić information content (AvgIpc) is 2.53. The lowest BCUT2D eigenvalue weighted by Gasteiger charge is -2.19. The lowest BCUT2D eigenvalue weighted by molar-refractivity contribution is 0.591. The molecule has 1 N–H and O–H groups in total. The van der Waals surface area contributed by atoms with Gasteiger partial charge in [-0.2, -0.15) is 0 Å². The molecule has 0 saturated carbocycles. The molecule has 0 aliphatic rings. The largest absolute Gasteiger partial charge is 0.316 e. The highest BCUT2D eigenvalue weighted by Crippen LogP contribution is 2.23. The van der Waals surface area contributed by atoms with Crippen LogP contribution in [0.25, 0.3) is 0 Å². The summed E-state index contributed by atoms with van der Waals surface area (Å²) in [5, 5.41) is 3.62.